The quantitative estimate of drug-likeness (QED) is 0.649. The van der Waals surface area contributed by atoms with Crippen molar-refractivity contribution in [2.75, 3.05) is 0 Å². The molecule has 1 radical (unpaired) electrons. The fraction of sp³-hybridized carbons (Fsp3) is 0.333. The van der Waals surface area contributed by atoms with Crippen LogP contribution in [0, 0.1) is 19.9 Å². The van der Waals surface area contributed by atoms with Gasteiger partial charge in [0.1, 0.15) is 0 Å². The van der Waals surface area contributed by atoms with E-state index in [0.29, 0.717) is 0 Å². The first kappa shape index (κ1) is 12.9. The van der Waals surface area contributed by atoms with Crippen molar-refractivity contribution in [3.8, 4) is 11.1 Å². The van der Waals surface area contributed by atoms with Crippen LogP contribution in [0.2, 0.25) is 0 Å². The predicted octanol–water partition coefficient (Wildman–Crippen LogP) is 5.07. The molecule has 0 heteroatoms. The van der Waals surface area contributed by atoms with Crippen LogP contribution in [0.3, 0.4) is 0 Å². The first-order valence-electron chi connectivity index (χ1n) is 6.48. The number of aryl methyl sites for hydroxylation is 1. The summed E-state index contributed by atoms with van der Waals surface area (Å²) in [6.45, 7) is 11.0. The van der Waals surface area contributed by atoms with Crippen LogP contribution in [0.25, 0.3) is 11.1 Å². The van der Waals surface area contributed by atoms with Crippen LogP contribution in [-0.4, -0.2) is 0 Å². The van der Waals surface area contributed by atoms with Gasteiger partial charge in [-0.15, -0.1) is 0 Å². The Morgan fingerprint density at radius 3 is 2.06 bits per heavy atom. The Balaban J connectivity index is 2.44. The maximum Gasteiger partial charge on any atom is -0.0132 e. The third kappa shape index (κ3) is 2.48. The molecule has 0 aliphatic heterocycles. The lowest BCUT2D eigenvalue weighted by Gasteiger charge is -2.19. The Hall–Kier alpha value is -1.56. The summed E-state index contributed by atoms with van der Waals surface area (Å²) in [5, 5.41) is 0. The number of hydrogen-bond donors (Lipinski definition) is 0. The minimum atomic E-state index is 0.216. The zero-order valence-corrected chi connectivity index (χ0v) is 12.0. The number of rotatable bonds is 1. The summed E-state index contributed by atoms with van der Waals surface area (Å²) in [5.74, 6) is 0. The molecule has 0 heterocycles. The molecule has 0 aromatic heterocycles. The summed E-state index contributed by atoms with van der Waals surface area (Å²) in [6, 6.07) is 16.3. The van der Waals surface area contributed by atoms with Gasteiger partial charge in [-0.3, -0.25) is 0 Å². The van der Waals surface area contributed by atoms with E-state index in [-0.39, 0.29) is 5.41 Å². The van der Waals surface area contributed by atoms with Gasteiger partial charge in [0.25, 0.3) is 0 Å². The van der Waals surface area contributed by atoms with Crippen LogP contribution >= 0.6 is 0 Å². The van der Waals surface area contributed by atoms with Crippen molar-refractivity contribution in [2.45, 2.75) is 40.0 Å². The predicted molar refractivity (Wildman–Crippen MR) is 78.9 cm³/mol. The van der Waals surface area contributed by atoms with Gasteiger partial charge in [0.05, 0.1) is 0 Å². The molecule has 18 heavy (non-hydrogen) atoms. The average molecular weight is 237 g/mol. The highest BCUT2D eigenvalue weighted by atomic mass is 14.2. The maximum absolute atomic E-state index is 3.25. The molecule has 0 amide bonds. The molecule has 0 saturated heterocycles. The lowest BCUT2D eigenvalue weighted by molar-refractivity contribution is 0.590. The highest BCUT2D eigenvalue weighted by molar-refractivity contribution is 5.68. The first-order chi connectivity index (χ1) is 8.39. The molecule has 0 aliphatic carbocycles. The molecule has 0 N–H and O–H groups in total. The van der Waals surface area contributed by atoms with Gasteiger partial charge in [0.2, 0.25) is 0 Å². The largest absolute Gasteiger partial charge is 0.0579 e. The molecular weight excluding hydrogens is 216 g/mol. The number of hydrogen-bond acceptors (Lipinski definition) is 0. The van der Waals surface area contributed by atoms with E-state index in [2.05, 4.69) is 71.0 Å². The van der Waals surface area contributed by atoms with Crippen LogP contribution in [-0.2, 0) is 5.41 Å². The van der Waals surface area contributed by atoms with Gasteiger partial charge in [-0.2, -0.15) is 0 Å². The highest BCUT2D eigenvalue weighted by Gasteiger charge is 2.13. The van der Waals surface area contributed by atoms with Crippen molar-refractivity contribution in [3.63, 3.8) is 0 Å². The standard InChI is InChI=1S/C18H21/c1-13-7-6-8-17(14(13)2)15-9-11-16(12-10-15)18(3,4)5/h6,8-12H,1-5H3. The van der Waals surface area contributed by atoms with Crippen molar-refractivity contribution in [1.82, 2.24) is 0 Å². The molecular formula is C18H21. The fourth-order valence-electron chi connectivity index (χ4n) is 2.15. The Morgan fingerprint density at radius 1 is 0.889 bits per heavy atom. The fourth-order valence-corrected chi connectivity index (χ4v) is 2.15. The first-order valence-corrected chi connectivity index (χ1v) is 6.48. The summed E-state index contributed by atoms with van der Waals surface area (Å²) in [5.41, 5.74) is 6.74. The van der Waals surface area contributed by atoms with Crippen LogP contribution < -0.4 is 0 Å². The SMILES string of the molecule is Cc1[c]ccc(-c2ccc(C(C)(C)C)cc2)c1C. The van der Waals surface area contributed by atoms with Crippen molar-refractivity contribution in [3.05, 3.63) is 59.2 Å². The monoisotopic (exact) mass is 237 g/mol. The molecule has 0 unspecified atom stereocenters. The lowest BCUT2D eigenvalue weighted by Crippen LogP contribution is -2.10. The van der Waals surface area contributed by atoms with Crippen molar-refractivity contribution in [2.24, 2.45) is 0 Å². The molecule has 2 aromatic carbocycles. The molecule has 93 valence electrons. The van der Waals surface area contributed by atoms with Crippen molar-refractivity contribution < 1.29 is 0 Å². The molecule has 0 saturated carbocycles. The van der Waals surface area contributed by atoms with Crippen LogP contribution in [0.15, 0.2) is 36.4 Å². The van der Waals surface area contributed by atoms with E-state index in [4.69, 9.17) is 0 Å². The minimum absolute atomic E-state index is 0.216. The average Bonchev–Trinajstić information content (AvgIpc) is 2.32. The summed E-state index contributed by atoms with van der Waals surface area (Å²) >= 11 is 0. The summed E-state index contributed by atoms with van der Waals surface area (Å²) in [4.78, 5) is 0. The Bertz CT molecular complexity index is 539. The topological polar surface area (TPSA) is 0 Å². The second kappa shape index (κ2) is 4.61. The molecule has 0 bridgehead atoms. The summed E-state index contributed by atoms with van der Waals surface area (Å²) in [6.07, 6.45) is 0. The third-order valence-electron chi connectivity index (χ3n) is 3.58. The second-order valence-electron chi connectivity index (χ2n) is 5.97. The Kier molecular flexibility index (Phi) is 3.30. The maximum atomic E-state index is 3.25. The Morgan fingerprint density at radius 2 is 1.50 bits per heavy atom. The molecule has 0 aliphatic rings. The highest BCUT2D eigenvalue weighted by Crippen LogP contribution is 2.28. The van der Waals surface area contributed by atoms with E-state index in [1.165, 1.54) is 27.8 Å². The molecule has 0 nitrogen and oxygen atoms in total. The van der Waals surface area contributed by atoms with E-state index < -0.39 is 0 Å². The van der Waals surface area contributed by atoms with E-state index in [9.17, 15) is 0 Å². The van der Waals surface area contributed by atoms with Crippen LogP contribution in [0.1, 0.15) is 37.5 Å². The smallest absolute Gasteiger partial charge is 0.0132 e. The van der Waals surface area contributed by atoms with E-state index in [0.717, 1.165) is 0 Å². The second-order valence-corrected chi connectivity index (χ2v) is 5.97. The zero-order chi connectivity index (χ0) is 13.3. The van der Waals surface area contributed by atoms with E-state index in [1.54, 1.807) is 0 Å². The van der Waals surface area contributed by atoms with Gasteiger partial charge in [0, 0.05) is 0 Å². The van der Waals surface area contributed by atoms with Gasteiger partial charge in [-0.1, -0.05) is 57.2 Å². The summed E-state index contributed by atoms with van der Waals surface area (Å²) in [7, 11) is 0. The lowest BCUT2D eigenvalue weighted by atomic mass is 9.86. The van der Waals surface area contributed by atoms with Gasteiger partial charge in [-0.05, 0) is 53.1 Å². The zero-order valence-electron chi connectivity index (χ0n) is 12.0. The molecule has 2 rings (SSSR count). The van der Waals surface area contributed by atoms with Crippen LogP contribution in [0.5, 0.6) is 0 Å². The van der Waals surface area contributed by atoms with Crippen LogP contribution in [0.4, 0.5) is 0 Å². The van der Waals surface area contributed by atoms with E-state index in [1.807, 2.05) is 6.07 Å². The van der Waals surface area contributed by atoms with Crippen molar-refractivity contribution >= 4 is 0 Å². The normalized spacial score (nSPS) is 11.6. The van der Waals surface area contributed by atoms with Gasteiger partial charge in [-0.25, -0.2) is 0 Å². The molecule has 0 spiro atoms. The van der Waals surface area contributed by atoms with Gasteiger partial charge >= 0.3 is 0 Å². The third-order valence-corrected chi connectivity index (χ3v) is 3.58. The summed E-state index contributed by atoms with van der Waals surface area (Å²) < 4.78 is 0. The van der Waals surface area contributed by atoms with E-state index >= 15 is 0 Å². The molecule has 0 atom stereocenters. The number of benzene rings is 2. The van der Waals surface area contributed by atoms with Gasteiger partial charge < -0.3 is 0 Å². The minimum Gasteiger partial charge on any atom is -0.0579 e. The van der Waals surface area contributed by atoms with Crippen molar-refractivity contribution in [1.29, 1.82) is 0 Å². The Labute approximate surface area is 111 Å². The van der Waals surface area contributed by atoms with Gasteiger partial charge in [0.15, 0.2) is 0 Å². The molecule has 2 aromatic rings. The molecule has 0 fully saturated rings.